The van der Waals surface area contributed by atoms with Gasteiger partial charge in [-0.05, 0) is 35.9 Å². The Bertz CT molecular complexity index is 1100. The molecule has 0 saturated carbocycles. The first-order valence-electron chi connectivity index (χ1n) is 9.54. The molecule has 0 radical (unpaired) electrons. The number of fused-ring (bicyclic) bond motifs is 3. The summed E-state index contributed by atoms with van der Waals surface area (Å²) in [4.78, 5) is 18.9. The summed E-state index contributed by atoms with van der Waals surface area (Å²) in [5.74, 6) is 0.560. The summed E-state index contributed by atoms with van der Waals surface area (Å²) in [6.07, 6.45) is 1.17. The number of thioether (sulfide) groups is 1. The molecule has 3 aromatic rings. The third-order valence-corrected chi connectivity index (χ3v) is 5.75. The van der Waals surface area contributed by atoms with Gasteiger partial charge in [0.05, 0.1) is 5.69 Å². The second-order valence-electron chi connectivity index (χ2n) is 7.29. The summed E-state index contributed by atoms with van der Waals surface area (Å²) in [5, 5.41) is 9.51. The highest BCUT2D eigenvalue weighted by atomic mass is 35.5. The fraction of sp³-hybridized carbons (Fsp3) is 0.273. The average Bonchev–Trinajstić information content (AvgIpc) is 2.87. The zero-order valence-corrected chi connectivity index (χ0v) is 18.7. The van der Waals surface area contributed by atoms with E-state index in [1.165, 1.54) is 24.2 Å². The molecule has 1 aliphatic heterocycles. The molecule has 6 nitrogen and oxygen atoms in total. The van der Waals surface area contributed by atoms with Crippen molar-refractivity contribution >= 4 is 35.0 Å². The van der Waals surface area contributed by atoms with Gasteiger partial charge in [0.1, 0.15) is 0 Å². The number of amides is 1. The van der Waals surface area contributed by atoms with Crippen molar-refractivity contribution in [1.82, 2.24) is 15.2 Å². The molecule has 1 aliphatic rings. The fourth-order valence-corrected chi connectivity index (χ4v) is 3.89. The lowest BCUT2D eigenvalue weighted by Crippen LogP contribution is -2.36. The van der Waals surface area contributed by atoms with Gasteiger partial charge in [-0.3, -0.25) is 9.69 Å². The van der Waals surface area contributed by atoms with E-state index >= 15 is 0 Å². The van der Waals surface area contributed by atoms with Crippen molar-refractivity contribution in [1.29, 1.82) is 0 Å². The number of carbonyl (C=O) groups is 1. The van der Waals surface area contributed by atoms with Crippen molar-refractivity contribution in [2.45, 2.75) is 38.1 Å². The molecule has 0 spiro atoms. The summed E-state index contributed by atoms with van der Waals surface area (Å²) in [7, 11) is 0. The summed E-state index contributed by atoms with van der Waals surface area (Å²) in [5.41, 5.74) is 3.81. The normalized spacial score (nSPS) is 15.3. The maximum atomic E-state index is 12.8. The van der Waals surface area contributed by atoms with Crippen LogP contribution in [0.1, 0.15) is 44.0 Å². The minimum atomic E-state index is -0.698. The molecule has 0 saturated heterocycles. The quantitative estimate of drug-likeness (QED) is 0.502. The Labute approximate surface area is 184 Å². The zero-order valence-electron chi connectivity index (χ0n) is 17.1. The number of aromatic nitrogens is 3. The van der Waals surface area contributed by atoms with Crippen LogP contribution in [0.25, 0.3) is 11.3 Å². The van der Waals surface area contributed by atoms with Crippen LogP contribution in [0, 0.1) is 0 Å². The van der Waals surface area contributed by atoms with E-state index in [0.29, 0.717) is 38.9 Å². The molecule has 4 rings (SSSR count). The van der Waals surface area contributed by atoms with Gasteiger partial charge in [0.2, 0.25) is 23.2 Å². The van der Waals surface area contributed by atoms with Crippen LogP contribution in [0.15, 0.2) is 47.6 Å². The monoisotopic (exact) mass is 440 g/mol. The van der Waals surface area contributed by atoms with Gasteiger partial charge in [-0.2, -0.15) is 4.98 Å². The summed E-state index contributed by atoms with van der Waals surface area (Å²) >= 11 is 7.64. The first-order chi connectivity index (χ1) is 14.4. The number of halogens is 1. The molecule has 0 bridgehead atoms. The van der Waals surface area contributed by atoms with Crippen LogP contribution in [0.5, 0.6) is 5.88 Å². The number of hydrogen-bond acceptors (Lipinski definition) is 6. The van der Waals surface area contributed by atoms with Crippen molar-refractivity contribution < 1.29 is 9.53 Å². The Morgan fingerprint density at radius 1 is 1.17 bits per heavy atom. The van der Waals surface area contributed by atoms with Gasteiger partial charge >= 0.3 is 0 Å². The number of carbonyl (C=O) groups excluding carboxylic acids is 1. The Kier molecular flexibility index (Phi) is 5.66. The van der Waals surface area contributed by atoms with E-state index in [2.05, 4.69) is 41.2 Å². The summed E-state index contributed by atoms with van der Waals surface area (Å²) < 4.78 is 6.32. The van der Waals surface area contributed by atoms with Crippen LogP contribution in [-0.2, 0) is 4.79 Å². The maximum Gasteiger partial charge on any atom is 0.247 e. The molecular weight excluding hydrogens is 420 g/mol. The minimum absolute atomic E-state index is 0.164. The van der Waals surface area contributed by atoms with E-state index in [1.54, 1.807) is 23.1 Å². The van der Waals surface area contributed by atoms with Crippen molar-refractivity contribution in [2.75, 3.05) is 11.2 Å². The third kappa shape index (κ3) is 3.75. The number of hydrogen-bond donors (Lipinski definition) is 0. The van der Waals surface area contributed by atoms with Gasteiger partial charge in [0.15, 0.2) is 5.69 Å². The Hall–Kier alpha value is -2.64. The van der Waals surface area contributed by atoms with Gasteiger partial charge in [0, 0.05) is 23.1 Å². The lowest BCUT2D eigenvalue weighted by Gasteiger charge is -2.30. The predicted octanol–water partition coefficient (Wildman–Crippen LogP) is 5.48. The van der Waals surface area contributed by atoms with Gasteiger partial charge in [-0.25, -0.2) is 0 Å². The smallest absolute Gasteiger partial charge is 0.247 e. The number of rotatable bonds is 3. The van der Waals surface area contributed by atoms with Crippen molar-refractivity contribution in [3.05, 3.63) is 58.6 Å². The lowest BCUT2D eigenvalue weighted by molar-refractivity contribution is -0.118. The number of ether oxygens (including phenoxy) is 1. The van der Waals surface area contributed by atoms with Gasteiger partial charge in [-0.15, -0.1) is 10.2 Å². The van der Waals surface area contributed by atoms with E-state index in [4.69, 9.17) is 16.3 Å². The van der Waals surface area contributed by atoms with Gasteiger partial charge < -0.3 is 4.74 Å². The first-order valence-corrected chi connectivity index (χ1v) is 11.1. The van der Waals surface area contributed by atoms with E-state index in [0.717, 1.165) is 5.56 Å². The Morgan fingerprint density at radius 3 is 2.53 bits per heavy atom. The summed E-state index contributed by atoms with van der Waals surface area (Å²) in [6.45, 7) is 5.79. The molecule has 2 heterocycles. The highest BCUT2D eigenvalue weighted by Crippen LogP contribution is 2.44. The molecule has 1 aromatic heterocycles. The largest absolute Gasteiger partial charge is 0.447 e. The maximum absolute atomic E-state index is 12.8. The van der Waals surface area contributed by atoms with Crippen molar-refractivity contribution in [3.63, 3.8) is 0 Å². The van der Waals surface area contributed by atoms with Crippen molar-refractivity contribution in [3.8, 4) is 17.1 Å². The zero-order chi connectivity index (χ0) is 21.4. The van der Waals surface area contributed by atoms with E-state index < -0.39 is 6.23 Å². The Balaban J connectivity index is 1.93. The van der Waals surface area contributed by atoms with E-state index in [9.17, 15) is 4.79 Å². The van der Waals surface area contributed by atoms with Crippen LogP contribution in [0.4, 0.5) is 5.69 Å². The molecule has 30 heavy (non-hydrogen) atoms. The first kappa shape index (κ1) is 20.6. The molecule has 1 unspecified atom stereocenters. The molecular formula is C22H21ClN4O2S. The highest BCUT2D eigenvalue weighted by molar-refractivity contribution is 7.98. The average molecular weight is 441 g/mol. The van der Waals surface area contributed by atoms with Gasteiger partial charge in [0.25, 0.3) is 0 Å². The predicted molar refractivity (Wildman–Crippen MR) is 119 cm³/mol. The number of anilines is 1. The number of nitrogens with zero attached hydrogens (tertiary/aromatic N) is 4. The molecule has 0 N–H and O–H groups in total. The topological polar surface area (TPSA) is 68.2 Å². The SMILES string of the molecule is CSc1nnc2c(n1)OC(c1ccc(C(C)C)cc1)N(C(C)=O)c1ccc(Cl)cc1-2. The Morgan fingerprint density at radius 2 is 1.90 bits per heavy atom. The summed E-state index contributed by atoms with van der Waals surface area (Å²) in [6, 6.07) is 13.4. The molecule has 0 aliphatic carbocycles. The minimum Gasteiger partial charge on any atom is -0.447 e. The molecule has 154 valence electrons. The lowest BCUT2D eigenvalue weighted by atomic mass is 10.0. The van der Waals surface area contributed by atoms with Crippen LogP contribution in [-0.4, -0.2) is 27.3 Å². The number of benzene rings is 2. The van der Waals surface area contributed by atoms with Crippen LogP contribution < -0.4 is 9.64 Å². The third-order valence-electron chi connectivity index (χ3n) is 4.98. The van der Waals surface area contributed by atoms with Gasteiger partial charge in [-0.1, -0.05) is 61.5 Å². The van der Waals surface area contributed by atoms with Crippen LogP contribution in [0.3, 0.4) is 0 Å². The highest BCUT2D eigenvalue weighted by Gasteiger charge is 2.34. The van der Waals surface area contributed by atoms with E-state index in [1.807, 2.05) is 18.4 Å². The van der Waals surface area contributed by atoms with Crippen LogP contribution in [0.2, 0.25) is 5.02 Å². The van der Waals surface area contributed by atoms with Crippen molar-refractivity contribution in [2.24, 2.45) is 0 Å². The standard InChI is InChI=1S/C22H21ClN4O2S/c1-12(2)14-5-7-15(8-6-14)21-27(13(3)28)18-10-9-16(23)11-17(18)19-20(29-21)24-22(30-4)26-25-19/h5-12,21H,1-4H3. The molecule has 2 aromatic carbocycles. The second kappa shape index (κ2) is 8.24. The molecule has 0 fully saturated rings. The van der Waals surface area contributed by atoms with Crippen LogP contribution >= 0.6 is 23.4 Å². The fourth-order valence-electron chi connectivity index (χ4n) is 3.43. The molecule has 1 atom stereocenters. The molecule has 8 heteroatoms. The van der Waals surface area contributed by atoms with E-state index in [-0.39, 0.29) is 5.91 Å². The molecule has 1 amide bonds. The second-order valence-corrected chi connectivity index (χ2v) is 8.50.